The smallest absolute Gasteiger partial charge is 0.253 e. The number of amides is 1. The summed E-state index contributed by atoms with van der Waals surface area (Å²) in [5.74, 6) is 1.65. The van der Waals surface area contributed by atoms with Crippen LogP contribution in [0.5, 0.6) is 11.5 Å². The number of likely N-dealkylation sites (tertiary alicyclic amines) is 1. The lowest BCUT2D eigenvalue weighted by Crippen LogP contribution is -2.41. The van der Waals surface area contributed by atoms with Gasteiger partial charge in [0.25, 0.3) is 5.91 Å². The minimum atomic E-state index is 0.0681. The molecule has 0 spiro atoms. The minimum absolute atomic E-state index is 0.0681. The average molecular weight is 340 g/mol. The maximum absolute atomic E-state index is 12.6. The molecule has 2 heterocycles. The van der Waals surface area contributed by atoms with Crippen LogP contribution in [0.25, 0.3) is 0 Å². The van der Waals surface area contributed by atoms with E-state index < -0.39 is 0 Å². The topological polar surface area (TPSA) is 51.7 Å². The van der Waals surface area contributed by atoms with Gasteiger partial charge in [0.2, 0.25) is 0 Å². The Labute approximate surface area is 148 Å². The highest BCUT2D eigenvalue weighted by atomic mass is 16.5. The molecule has 1 aliphatic heterocycles. The van der Waals surface area contributed by atoms with Crippen LogP contribution in [0.15, 0.2) is 42.6 Å². The van der Waals surface area contributed by atoms with Crippen LogP contribution in [-0.4, -0.2) is 41.6 Å². The van der Waals surface area contributed by atoms with Crippen LogP contribution >= 0.6 is 0 Å². The summed E-state index contributed by atoms with van der Waals surface area (Å²) < 4.78 is 11.4. The van der Waals surface area contributed by atoms with E-state index in [4.69, 9.17) is 9.47 Å². The third-order valence-electron chi connectivity index (χ3n) is 4.33. The van der Waals surface area contributed by atoms with E-state index in [-0.39, 0.29) is 12.0 Å². The van der Waals surface area contributed by atoms with Gasteiger partial charge in [0.1, 0.15) is 17.6 Å². The Kier molecular flexibility index (Phi) is 5.53. The Bertz CT molecular complexity index is 690. The van der Waals surface area contributed by atoms with E-state index in [1.165, 1.54) is 0 Å². The molecular formula is C20H24N2O3. The van der Waals surface area contributed by atoms with E-state index in [0.29, 0.717) is 25.3 Å². The third-order valence-corrected chi connectivity index (χ3v) is 4.33. The molecule has 0 unspecified atom stereocenters. The van der Waals surface area contributed by atoms with E-state index in [1.807, 2.05) is 55.1 Å². The molecule has 1 saturated heterocycles. The Morgan fingerprint density at radius 2 is 1.80 bits per heavy atom. The molecule has 5 heteroatoms. The first-order chi connectivity index (χ1) is 12.2. The number of aryl methyl sites for hydroxylation is 1. The molecule has 1 aromatic heterocycles. The highest BCUT2D eigenvalue weighted by molar-refractivity contribution is 5.94. The maximum Gasteiger partial charge on any atom is 0.253 e. The monoisotopic (exact) mass is 340 g/mol. The third kappa shape index (κ3) is 4.50. The highest BCUT2D eigenvalue weighted by Crippen LogP contribution is 2.20. The fourth-order valence-corrected chi connectivity index (χ4v) is 2.94. The number of carbonyl (C=O) groups is 1. The molecule has 0 aliphatic carbocycles. The zero-order valence-corrected chi connectivity index (χ0v) is 14.8. The number of ether oxygens (including phenoxy) is 2. The van der Waals surface area contributed by atoms with Crippen LogP contribution < -0.4 is 9.47 Å². The molecule has 1 aromatic carbocycles. The van der Waals surface area contributed by atoms with Gasteiger partial charge in [-0.3, -0.25) is 9.78 Å². The van der Waals surface area contributed by atoms with Gasteiger partial charge in [-0.05, 0) is 50.2 Å². The van der Waals surface area contributed by atoms with Crippen LogP contribution in [0, 0.1) is 6.92 Å². The lowest BCUT2D eigenvalue weighted by Gasteiger charge is -2.32. The molecule has 1 amide bonds. The Morgan fingerprint density at radius 3 is 2.40 bits per heavy atom. The molecule has 0 saturated carbocycles. The quantitative estimate of drug-likeness (QED) is 0.836. The molecule has 0 radical (unpaired) electrons. The van der Waals surface area contributed by atoms with E-state index in [1.54, 1.807) is 6.20 Å². The number of aromatic nitrogens is 1. The normalized spacial score (nSPS) is 15.0. The summed E-state index contributed by atoms with van der Waals surface area (Å²) in [4.78, 5) is 18.7. The van der Waals surface area contributed by atoms with E-state index in [0.717, 1.165) is 30.0 Å². The van der Waals surface area contributed by atoms with E-state index in [9.17, 15) is 4.79 Å². The molecule has 3 rings (SSSR count). The molecule has 0 bridgehead atoms. The second-order valence-electron chi connectivity index (χ2n) is 6.20. The molecule has 0 atom stereocenters. The lowest BCUT2D eigenvalue weighted by atomic mass is 10.1. The van der Waals surface area contributed by atoms with Crippen molar-refractivity contribution in [1.29, 1.82) is 0 Å². The Morgan fingerprint density at radius 1 is 1.12 bits per heavy atom. The highest BCUT2D eigenvalue weighted by Gasteiger charge is 2.24. The molecular weight excluding hydrogens is 316 g/mol. The first-order valence-electron chi connectivity index (χ1n) is 8.77. The second kappa shape index (κ2) is 8.01. The SMILES string of the molecule is CCOc1ccc(C(=O)N2CCC(Oc3ccc(C)nc3)CC2)cc1. The average Bonchev–Trinajstić information content (AvgIpc) is 2.65. The van der Waals surface area contributed by atoms with Crippen LogP contribution in [-0.2, 0) is 0 Å². The standard InChI is InChI=1S/C20H24N2O3/c1-3-24-17-8-5-16(6-9-17)20(23)22-12-10-18(11-13-22)25-19-7-4-15(2)21-14-19/h4-9,14,18H,3,10-13H2,1-2H3. The van der Waals surface area contributed by atoms with Crippen LogP contribution in [0.4, 0.5) is 0 Å². The number of hydrogen-bond donors (Lipinski definition) is 0. The summed E-state index contributed by atoms with van der Waals surface area (Å²) in [6.07, 6.45) is 3.55. The van der Waals surface area contributed by atoms with Gasteiger partial charge in [-0.2, -0.15) is 0 Å². The molecule has 1 aliphatic rings. The predicted octanol–water partition coefficient (Wildman–Crippen LogP) is 3.47. The van der Waals surface area contributed by atoms with E-state index >= 15 is 0 Å². The lowest BCUT2D eigenvalue weighted by molar-refractivity contribution is 0.0595. The maximum atomic E-state index is 12.6. The van der Waals surface area contributed by atoms with Gasteiger partial charge in [0.15, 0.2) is 0 Å². The van der Waals surface area contributed by atoms with Crippen molar-refractivity contribution in [2.75, 3.05) is 19.7 Å². The number of rotatable bonds is 5. The van der Waals surface area contributed by atoms with Crippen molar-refractivity contribution in [1.82, 2.24) is 9.88 Å². The molecule has 25 heavy (non-hydrogen) atoms. The van der Waals surface area contributed by atoms with Gasteiger partial charge in [0.05, 0.1) is 12.8 Å². The molecule has 0 N–H and O–H groups in total. The number of benzene rings is 1. The van der Waals surface area contributed by atoms with Crippen LogP contribution in [0.3, 0.4) is 0 Å². The largest absolute Gasteiger partial charge is 0.494 e. The summed E-state index contributed by atoms with van der Waals surface area (Å²) in [5, 5.41) is 0. The summed E-state index contributed by atoms with van der Waals surface area (Å²) >= 11 is 0. The van der Waals surface area contributed by atoms with Gasteiger partial charge in [-0.1, -0.05) is 0 Å². The minimum Gasteiger partial charge on any atom is -0.494 e. The van der Waals surface area contributed by atoms with Gasteiger partial charge >= 0.3 is 0 Å². The predicted molar refractivity (Wildman–Crippen MR) is 96.1 cm³/mol. The first-order valence-corrected chi connectivity index (χ1v) is 8.77. The second-order valence-corrected chi connectivity index (χ2v) is 6.20. The Balaban J connectivity index is 1.52. The van der Waals surface area contributed by atoms with Crippen molar-refractivity contribution < 1.29 is 14.3 Å². The Hall–Kier alpha value is -2.56. The first kappa shape index (κ1) is 17.3. The number of piperidine rings is 1. The van der Waals surface area contributed by atoms with Crippen LogP contribution in [0.1, 0.15) is 35.8 Å². The molecule has 132 valence electrons. The van der Waals surface area contributed by atoms with Gasteiger partial charge in [-0.15, -0.1) is 0 Å². The number of nitrogens with zero attached hydrogens (tertiary/aromatic N) is 2. The van der Waals surface area contributed by atoms with Crippen molar-refractivity contribution in [3.05, 3.63) is 53.9 Å². The van der Waals surface area contributed by atoms with Gasteiger partial charge in [-0.25, -0.2) is 0 Å². The number of carbonyl (C=O) groups excluding carboxylic acids is 1. The zero-order chi connectivity index (χ0) is 17.6. The molecule has 1 fully saturated rings. The summed E-state index contributed by atoms with van der Waals surface area (Å²) in [5.41, 5.74) is 1.67. The van der Waals surface area contributed by atoms with Crippen molar-refractivity contribution in [3.63, 3.8) is 0 Å². The molecule has 2 aromatic rings. The fourth-order valence-electron chi connectivity index (χ4n) is 2.94. The van der Waals surface area contributed by atoms with Crippen LogP contribution in [0.2, 0.25) is 0 Å². The fraction of sp³-hybridized carbons (Fsp3) is 0.400. The van der Waals surface area contributed by atoms with E-state index in [2.05, 4.69) is 4.98 Å². The summed E-state index contributed by atoms with van der Waals surface area (Å²) in [6.45, 7) is 5.93. The number of hydrogen-bond acceptors (Lipinski definition) is 4. The summed E-state index contributed by atoms with van der Waals surface area (Å²) in [6, 6.07) is 11.2. The number of pyridine rings is 1. The zero-order valence-electron chi connectivity index (χ0n) is 14.8. The van der Waals surface area contributed by atoms with Gasteiger partial charge in [0, 0.05) is 37.2 Å². The van der Waals surface area contributed by atoms with Crippen molar-refractivity contribution in [2.45, 2.75) is 32.8 Å². The molecule has 5 nitrogen and oxygen atoms in total. The van der Waals surface area contributed by atoms with Crippen molar-refractivity contribution in [3.8, 4) is 11.5 Å². The van der Waals surface area contributed by atoms with Crippen molar-refractivity contribution in [2.24, 2.45) is 0 Å². The van der Waals surface area contributed by atoms with Crippen molar-refractivity contribution >= 4 is 5.91 Å². The van der Waals surface area contributed by atoms with Gasteiger partial charge < -0.3 is 14.4 Å². The summed E-state index contributed by atoms with van der Waals surface area (Å²) in [7, 11) is 0.